The van der Waals surface area contributed by atoms with Crippen molar-refractivity contribution in [1.82, 2.24) is 5.32 Å². The van der Waals surface area contributed by atoms with Gasteiger partial charge in [-0.05, 0) is 27.7 Å². The fourth-order valence-corrected chi connectivity index (χ4v) is 0.812. The lowest BCUT2D eigenvalue weighted by molar-refractivity contribution is -0.144. The lowest BCUT2D eigenvalue weighted by atomic mass is 10.0. The predicted octanol–water partition coefficient (Wildman–Crippen LogP) is 0.637. The number of carboxylic acids is 1. The van der Waals surface area contributed by atoms with E-state index in [9.17, 15) is 9.59 Å². The molecular formula is C10H19NO4. The lowest BCUT2D eigenvalue weighted by Crippen LogP contribution is -2.49. The fraction of sp³-hybridized carbons (Fsp3) is 0.800. The Balaban J connectivity index is 4.37. The molecule has 0 aromatic heterocycles. The molecule has 0 aromatic rings. The summed E-state index contributed by atoms with van der Waals surface area (Å²) in [6.45, 7) is 6.45. The van der Waals surface area contributed by atoms with Gasteiger partial charge in [0.2, 0.25) is 0 Å². The minimum atomic E-state index is -0.938. The highest BCUT2D eigenvalue weighted by molar-refractivity contribution is 5.85. The third-order valence-electron chi connectivity index (χ3n) is 2.56. The van der Waals surface area contributed by atoms with E-state index in [1.54, 1.807) is 27.7 Å². The van der Waals surface area contributed by atoms with Gasteiger partial charge >= 0.3 is 5.97 Å². The minimum absolute atomic E-state index is 0.314. The highest BCUT2D eigenvalue weighted by Gasteiger charge is 2.30. The van der Waals surface area contributed by atoms with Crippen LogP contribution in [-0.4, -0.2) is 35.7 Å². The molecule has 0 aliphatic carbocycles. The van der Waals surface area contributed by atoms with Crippen LogP contribution in [0, 0.1) is 5.92 Å². The van der Waals surface area contributed by atoms with E-state index in [4.69, 9.17) is 9.84 Å². The Hall–Kier alpha value is -1.10. The van der Waals surface area contributed by atoms with Crippen LogP contribution in [0.4, 0.5) is 0 Å². The van der Waals surface area contributed by atoms with Crippen molar-refractivity contribution in [1.29, 1.82) is 0 Å². The molecule has 5 heteroatoms. The second-order valence-electron chi connectivity index (χ2n) is 4.10. The first-order valence-corrected chi connectivity index (χ1v) is 4.81. The van der Waals surface area contributed by atoms with Crippen LogP contribution in [0.25, 0.3) is 0 Å². The summed E-state index contributed by atoms with van der Waals surface area (Å²) in [5, 5.41) is 11.4. The Bertz CT molecular complexity index is 250. The number of carbonyl (C=O) groups excluding carboxylic acids is 1. The molecular weight excluding hydrogens is 198 g/mol. The van der Waals surface area contributed by atoms with E-state index in [0.29, 0.717) is 0 Å². The number of amides is 1. The van der Waals surface area contributed by atoms with Crippen LogP contribution in [0.2, 0.25) is 0 Å². The summed E-state index contributed by atoms with van der Waals surface area (Å²) in [7, 11) is 1.44. The van der Waals surface area contributed by atoms with Gasteiger partial charge in [0.25, 0.3) is 5.91 Å². The zero-order valence-electron chi connectivity index (χ0n) is 9.83. The molecule has 0 fully saturated rings. The number of rotatable bonds is 5. The molecule has 0 aromatic carbocycles. The first-order valence-electron chi connectivity index (χ1n) is 4.81. The van der Waals surface area contributed by atoms with Crippen LogP contribution in [0.5, 0.6) is 0 Å². The summed E-state index contributed by atoms with van der Waals surface area (Å²) < 4.78 is 4.98. The maximum absolute atomic E-state index is 11.6. The molecule has 0 saturated heterocycles. The van der Waals surface area contributed by atoms with Gasteiger partial charge in [-0.25, -0.2) is 0 Å². The zero-order valence-corrected chi connectivity index (χ0v) is 9.83. The van der Waals surface area contributed by atoms with E-state index >= 15 is 0 Å². The summed E-state index contributed by atoms with van der Waals surface area (Å²) >= 11 is 0. The average molecular weight is 217 g/mol. The molecule has 2 unspecified atom stereocenters. The molecule has 15 heavy (non-hydrogen) atoms. The van der Waals surface area contributed by atoms with Crippen molar-refractivity contribution in [2.75, 3.05) is 7.11 Å². The maximum Gasteiger partial charge on any atom is 0.308 e. The molecule has 0 heterocycles. The minimum Gasteiger partial charge on any atom is -0.481 e. The molecule has 0 rings (SSSR count). The fourth-order valence-electron chi connectivity index (χ4n) is 0.812. The number of methoxy groups -OCH3 is 1. The van der Waals surface area contributed by atoms with Gasteiger partial charge in [-0.15, -0.1) is 0 Å². The highest BCUT2D eigenvalue weighted by Crippen LogP contribution is 2.10. The van der Waals surface area contributed by atoms with Crippen molar-refractivity contribution in [2.24, 2.45) is 5.92 Å². The molecule has 5 nitrogen and oxygen atoms in total. The number of hydrogen-bond acceptors (Lipinski definition) is 3. The zero-order chi connectivity index (χ0) is 12.2. The number of hydrogen-bond donors (Lipinski definition) is 2. The predicted molar refractivity (Wildman–Crippen MR) is 55.5 cm³/mol. The van der Waals surface area contributed by atoms with E-state index in [0.717, 1.165) is 0 Å². The van der Waals surface area contributed by atoms with Crippen molar-refractivity contribution >= 4 is 11.9 Å². The normalized spacial score (nSPS) is 15.5. The first-order chi connectivity index (χ1) is 6.72. The van der Waals surface area contributed by atoms with E-state index in [2.05, 4.69) is 5.32 Å². The van der Waals surface area contributed by atoms with E-state index in [-0.39, 0.29) is 5.91 Å². The van der Waals surface area contributed by atoms with Crippen LogP contribution in [0.15, 0.2) is 0 Å². The number of ether oxygens (including phenoxy) is 1. The van der Waals surface area contributed by atoms with Gasteiger partial charge < -0.3 is 15.2 Å². The van der Waals surface area contributed by atoms with Crippen LogP contribution in [0.3, 0.4) is 0 Å². The van der Waals surface area contributed by atoms with Gasteiger partial charge in [0.05, 0.1) is 5.92 Å². The van der Waals surface area contributed by atoms with Crippen LogP contribution in [0.1, 0.15) is 27.7 Å². The van der Waals surface area contributed by atoms with Crippen molar-refractivity contribution < 1.29 is 19.4 Å². The van der Waals surface area contributed by atoms with Gasteiger partial charge in [-0.2, -0.15) is 0 Å². The van der Waals surface area contributed by atoms with E-state index in [1.807, 2.05) is 0 Å². The summed E-state index contributed by atoms with van der Waals surface area (Å²) in [5.41, 5.74) is -0.938. The molecule has 2 N–H and O–H groups in total. The molecule has 0 spiro atoms. The number of carboxylic acid groups (broad SMARTS) is 1. The monoisotopic (exact) mass is 217 g/mol. The van der Waals surface area contributed by atoms with Crippen molar-refractivity contribution in [3.05, 3.63) is 0 Å². The molecule has 0 saturated carbocycles. The van der Waals surface area contributed by atoms with Crippen molar-refractivity contribution in [3.8, 4) is 0 Å². The highest BCUT2D eigenvalue weighted by atomic mass is 16.5. The third kappa shape index (κ3) is 3.87. The first kappa shape index (κ1) is 13.9. The molecule has 88 valence electrons. The summed E-state index contributed by atoms with van der Waals surface area (Å²) in [4.78, 5) is 22.3. The Kier molecular flexibility index (Phi) is 4.74. The van der Waals surface area contributed by atoms with Gasteiger partial charge in [0, 0.05) is 13.2 Å². The van der Waals surface area contributed by atoms with Crippen molar-refractivity contribution in [3.63, 3.8) is 0 Å². The Morgan fingerprint density at radius 1 is 1.33 bits per heavy atom. The number of aliphatic carboxylic acids is 1. The topological polar surface area (TPSA) is 75.6 Å². The average Bonchev–Trinajstić information content (AvgIpc) is 2.16. The number of nitrogens with one attached hydrogen (secondary N) is 1. The van der Waals surface area contributed by atoms with E-state index in [1.165, 1.54) is 7.11 Å². The largest absolute Gasteiger partial charge is 0.481 e. The summed E-state index contributed by atoms with van der Waals surface area (Å²) in [6, 6.07) is -0.426. The van der Waals surface area contributed by atoms with Crippen LogP contribution < -0.4 is 5.32 Å². The van der Waals surface area contributed by atoms with E-state index < -0.39 is 23.5 Å². The molecule has 2 atom stereocenters. The molecule has 0 aliphatic rings. The number of carbonyl (C=O) groups is 2. The SMILES string of the molecule is COC(C)(C)C(=O)NC(C)C(C)C(=O)O. The van der Waals surface area contributed by atoms with Crippen molar-refractivity contribution in [2.45, 2.75) is 39.3 Å². The Labute approximate surface area is 89.8 Å². The molecule has 0 radical (unpaired) electrons. The van der Waals surface area contributed by atoms with Gasteiger partial charge in [0.1, 0.15) is 5.60 Å². The summed E-state index contributed by atoms with van der Waals surface area (Å²) in [6.07, 6.45) is 0. The molecule has 0 bridgehead atoms. The molecule has 1 amide bonds. The second-order valence-corrected chi connectivity index (χ2v) is 4.10. The van der Waals surface area contributed by atoms with Gasteiger partial charge in [-0.1, -0.05) is 0 Å². The van der Waals surface area contributed by atoms with Gasteiger partial charge in [0.15, 0.2) is 0 Å². The van der Waals surface area contributed by atoms with Crippen LogP contribution in [-0.2, 0) is 14.3 Å². The summed E-state index contributed by atoms with van der Waals surface area (Å²) in [5.74, 6) is -1.87. The maximum atomic E-state index is 11.6. The quantitative estimate of drug-likeness (QED) is 0.708. The third-order valence-corrected chi connectivity index (χ3v) is 2.56. The smallest absolute Gasteiger partial charge is 0.308 e. The lowest BCUT2D eigenvalue weighted by Gasteiger charge is -2.26. The van der Waals surface area contributed by atoms with Gasteiger partial charge in [-0.3, -0.25) is 9.59 Å². The van der Waals surface area contributed by atoms with Crippen LogP contribution >= 0.6 is 0 Å². The Morgan fingerprint density at radius 2 is 1.80 bits per heavy atom. The second kappa shape index (κ2) is 5.11. The molecule has 0 aliphatic heterocycles. The standard InChI is InChI=1S/C10H19NO4/c1-6(8(12)13)7(2)11-9(14)10(3,4)15-5/h6-7H,1-5H3,(H,11,14)(H,12,13). The Morgan fingerprint density at radius 3 is 2.13 bits per heavy atom.